The zero-order chi connectivity index (χ0) is 33.0. The lowest BCUT2D eigenvalue weighted by Crippen LogP contribution is -2.01. The van der Waals surface area contributed by atoms with Crippen LogP contribution in [0.15, 0.2) is 164 Å². The van der Waals surface area contributed by atoms with Crippen LogP contribution in [0.3, 0.4) is 0 Å². The van der Waals surface area contributed by atoms with Crippen LogP contribution < -0.4 is 0 Å². The van der Waals surface area contributed by atoms with Crippen LogP contribution in [0.1, 0.15) is 0 Å². The van der Waals surface area contributed by atoms with Crippen molar-refractivity contribution in [3.8, 4) is 45.4 Å². The summed E-state index contributed by atoms with van der Waals surface area (Å²) in [6.45, 7) is 0. The minimum Gasteiger partial charge on any atom is -0.256 e. The van der Waals surface area contributed by atoms with E-state index in [1.807, 2.05) is 72.9 Å². The summed E-state index contributed by atoms with van der Waals surface area (Å²) in [7, 11) is 0. The Bertz CT molecular complexity index is 2860. The van der Waals surface area contributed by atoms with E-state index >= 15 is 0 Å². The molecule has 5 heteroatoms. The smallest absolute Gasteiger partial charge is 0.164 e. The van der Waals surface area contributed by atoms with Gasteiger partial charge in [-0.05, 0) is 34.4 Å². The standard InChI is InChI=1S/C45H27N5/c1-3-14-28(15-4-1)43-48-44(29-16-5-2-6-17-29)50-45(49-43)35-26-25-34(30-18-7-8-19-31(30)35)42-40-32-20-9-10-21-33(32)41-37(23-13-27-46-41)39(40)36-22-11-12-24-38(36)47-42/h1-27H. The summed E-state index contributed by atoms with van der Waals surface area (Å²) in [5, 5.41) is 8.89. The van der Waals surface area contributed by atoms with Gasteiger partial charge in [-0.1, -0.05) is 140 Å². The Hall–Kier alpha value is -6.85. The molecule has 0 N–H and O–H groups in total. The summed E-state index contributed by atoms with van der Waals surface area (Å²) < 4.78 is 0. The molecule has 0 bridgehead atoms. The molecule has 232 valence electrons. The highest BCUT2D eigenvalue weighted by Crippen LogP contribution is 2.44. The van der Waals surface area contributed by atoms with Crippen LogP contribution in [0, 0.1) is 0 Å². The maximum absolute atomic E-state index is 5.43. The Morgan fingerprint density at radius 3 is 1.54 bits per heavy atom. The van der Waals surface area contributed by atoms with Crippen LogP contribution in [-0.4, -0.2) is 24.9 Å². The average molecular weight is 638 g/mol. The topological polar surface area (TPSA) is 64.5 Å². The molecule has 0 fully saturated rings. The highest BCUT2D eigenvalue weighted by atomic mass is 15.0. The summed E-state index contributed by atoms with van der Waals surface area (Å²) in [6, 6.07) is 54.2. The van der Waals surface area contributed by atoms with E-state index < -0.39 is 0 Å². The highest BCUT2D eigenvalue weighted by molar-refractivity contribution is 6.33. The lowest BCUT2D eigenvalue weighted by atomic mass is 9.89. The number of pyridine rings is 2. The third kappa shape index (κ3) is 4.45. The molecule has 0 spiro atoms. The van der Waals surface area contributed by atoms with E-state index in [4.69, 9.17) is 24.9 Å². The van der Waals surface area contributed by atoms with Gasteiger partial charge in [-0.25, -0.2) is 19.9 Å². The molecule has 5 nitrogen and oxygen atoms in total. The zero-order valence-corrected chi connectivity index (χ0v) is 26.8. The van der Waals surface area contributed by atoms with Gasteiger partial charge >= 0.3 is 0 Å². The van der Waals surface area contributed by atoms with Gasteiger partial charge in [-0.3, -0.25) is 4.98 Å². The highest BCUT2D eigenvalue weighted by Gasteiger charge is 2.21. The fourth-order valence-electron chi connectivity index (χ4n) is 7.31. The van der Waals surface area contributed by atoms with Crippen molar-refractivity contribution in [3.63, 3.8) is 0 Å². The molecular weight excluding hydrogens is 611 g/mol. The maximum Gasteiger partial charge on any atom is 0.164 e. The molecule has 0 aliphatic heterocycles. The van der Waals surface area contributed by atoms with Crippen LogP contribution in [-0.2, 0) is 0 Å². The summed E-state index contributed by atoms with van der Waals surface area (Å²) in [5.41, 5.74) is 6.75. The average Bonchev–Trinajstić information content (AvgIpc) is 3.20. The van der Waals surface area contributed by atoms with E-state index in [1.165, 1.54) is 0 Å². The molecule has 0 aliphatic carbocycles. The van der Waals surface area contributed by atoms with Gasteiger partial charge in [0.1, 0.15) is 0 Å². The molecule has 50 heavy (non-hydrogen) atoms. The quantitative estimate of drug-likeness (QED) is 0.180. The van der Waals surface area contributed by atoms with Crippen LogP contribution in [0.4, 0.5) is 0 Å². The third-order valence-electron chi connectivity index (χ3n) is 9.54. The van der Waals surface area contributed by atoms with E-state index in [9.17, 15) is 0 Å². The molecule has 0 saturated heterocycles. The fraction of sp³-hybridized carbons (Fsp3) is 0. The number of rotatable bonds is 4. The van der Waals surface area contributed by atoms with Gasteiger partial charge < -0.3 is 0 Å². The van der Waals surface area contributed by atoms with Gasteiger partial charge in [0, 0.05) is 55.4 Å². The monoisotopic (exact) mass is 637 g/mol. The van der Waals surface area contributed by atoms with Crippen molar-refractivity contribution >= 4 is 54.1 Å². The minimum absolute atomic E-state index is 0.624. The van der Waals surface area contributed by atoms with Crippen LogP contribution in [0.25, 0.3) is 99.5 Å². The van der Waals surface area contributed by atoms with E-state index in [2.05, 4.69) is 91.0 Å². The van der Waals surface area contributed by atoms with E-state index in [0.717, 1.165) is 82.1 Å². The third-order valence-corrected chi connectivity index (χ3v) is 9.54. The summed E-state index contributed by atoms with van der Waals surface area (Å²) in [4.78, 5) is 25.4. The first kappa shape index (κ1) is 28.2. The first-order valence-corrected chi connectivity index (χ1v) is 16.7. The molecule has 0 amide bonds. The van der Waals surface area contributed by atoms with Gasteiger partial charge in [0.2, 0.25) is 0 Å². The Labute approximate surface area is 287 Å². The predicted octanol–water partition coefficient (Wildman–Crippen LogP) is 11.1. The minimum atomic E-state index is 0.624. The fourth-order valence-corrected chi connectivity index (χ4v) is 7.31. The van der Waals surface area contributed by atoms with Crippen LogP contribution in [0.5, 0.6) is 0 Å². The molecule has 7 aromatic carbocycles. The predicted molar refractivity (Wildman–Crippen MR) is 205 cm³/mol. The van der Waals surface area contributed by atoms with Crippen molar-refractivity contribution < 1.29 is 0 Å². The lowest BCUT2D eigenvalue weighted by molar-refractivity contribution is 1.08. The number of para-hydroxylation sites is 1. The van der Waals surface area contributed by atoms with Gasteiger partial charge in [0.05, 0.1) is 16.7 Å². The van der Waals surface area contributed by atoms with Crippen molar-refractivity contribution in [2.75, 3.05) is 0 Å². The number of aromatic nitrogens is 5. The Kier molecular flexibility index (Phi) is 6.42. The number of nitrogens with zero attached hydrogens (tertiary/aromatic N) is 5. The molecule has 10 aromatic rings. The second-order valence-corrected chi connectivity index (χ2v) is 12.4. The van der Waals surface area contributed by atoms with E-state index in [1.54, 1.807) is 0 Å². The SMILES string of the molecule is c1ccc(-c2nc(-c3ccccc3)nc(-c3ccc(-c4nc5ccccc5c5c6cccnc6c6ccccc6c45)c4ccccc34)n2)cc1. The molecule has 0 saturated carbocycles. The molecule has 10 rings (SSSR count). The second-order valence-electron chi connectivity index (χ2n) is 12.4. The van der Waals surface area contributed by atoms with Crippen molar-refractivity contribution in [2.45, 2.75) is 0 Å². The first-order valence-electron chi connectivity index (χ1n) is 16.7. The van der Waals surface area contributed by atoms with Gasteiger partial charge in [-0.2, -0.15) is 0 Å². The van der Waals surface area contributed by atoms with Crippen LogP contribution >= 0.6 is 0 Å². The normalized spacial score (nSPS) is 11.6. The number of fused-ring (bicyclic) bond motifs is 9. The van der Waals surface area contributed by atoms with Crippen LogP contribution in [0.2, 0.25) is 0 Å². The summed E-state index contributed by atoms with van der Waals surface area (Å²) in [5.74, 6) is 1.90. The summed E-state index contributed by atoms with van der Waals surface area (Å²) >= 11 is 0. The van der Waals surface area contributed by atoms with Crippen molar-refractivity contribution in [3.05, 3.63) is 164 Å². The zero-order valence-electron chi connectivity index (χ0n) is 26.8. The second kappa shape index (κ2) is 11.4. The Balaban J connectivity index is 1.29. The molecule has 0 atom stereocenters. The molecule has 0 radical (unpaired) electrons. The molecule has 3 aromatic heterocycles. The number of hydrogen-bond acceptors (Lipinski definition) is 5. The molecular formula is C45H27N5. The Morgan fingerprint density at radius 1 is 0.320 bits per heavy atom. The van der Waals surface area contributed by atoms with Crippen molar-refractivity contribution in [1.82, 2.24) is 24.9 Å². The van der Waals surface area contributed by atoms with Crippen molar-refractivity contribution in [2.24, 2.45) is 0 Å². The molecule has 0 unspecified atom stereocenters. The van der Waals surface area contributed by atoms with Gasteiger partial charge in [0.15, 0.2) is 17.5 Å². The number of benzene rings is 7. The summed E-state index contributed by atoms with van der Waals surface area (Å²) in [6.07, 6.45) is 1.88. The number of hydrogen-bond donors (Lipinski definition) is 0. The Morgan fingerprint density at radius 2 is 0.840 bits per heavy atom. The van der Waals surface area contributed by atoms with Gasteiger partial charge in [-0.15, -0.1) is 0 Å². The molecule has 0 aliphatic rings. The van der Waals surface area contributed by atoms with Gasteiger partial charge in [0.25, 0.3) is 0 Å². The first-order chi connectivity index (χ1) is 24.8. The van der Waals surface area contributed by atoms with Crippen molar-refractivity contribution in [1.29, 1.82) is 0 Å². The van der Waals surface area contributed by atoms with E-state index in [0.29, 0.717) is 17.5 Å². The lowest BCUT2D eigenvalue weighted by Gasteiger charge is -2.17. The van der Waals surface area contributed by atoms with E-state index in [-0.39, 0.29) is 0 Å². The largest absolute Gasteiger partial charge is 0.256 e. The maximum atomic E-state index is 5.43. The molecule has 3 heterocycles.